The molecule has 3 heterocycles. The molecule has 2 atom stereocenters. The predicted molar refractivity (Wildman–Crippen MR) is 113 cm³/mol. The second-order valence-corrected chi connectivity index (χ2v) is 10.2. The first-order chi connectivity index (χ1) is 15.3. The van der Waals surface area contributed by atoms with Gasteiger partial charge in [-0.2, -0.15) is 13.2 Å². The number of nitrogens with two attached hydrogens (primary N) is 1. The lowest BCUT2D eigenvalue weighted by Crippen LogP contribution is -2.48. The van der Waals surface area contributed by atoms with E-state index in [0.717, 1.165) is 4.90 Å². The number of alkyl halides is 3. The smallest absolute Gasteiger partial charge is 0.363 e. The third kappa shape index (κ3) is 6.16. The highest BCUT2D eigenvalue weighted by Crippen LogP contribution is 2.39. The second-order valence-electron chi connectivity index (χ2n) is 8.65. The Balaban J connectivity index is 1.76. The fourth-order valence-electron chi connectivity index (χ4n) is 4.14. The quantitative estimate of drug-likeness (QED) is 0.615. The van der Waals surface area contributed by atoms with Gasteiger partial charge >= 0.3 is 12.1 Å². The van der Waals surface area contributed by atoms with Crippen molar-refractivity contribution >= 4 is 21.7 Å². The zero-order chi connectivity index (χ0) is 24.4. The minimum atomic E-state index is -4.92. The molecule has 0 spiro atoms. The summed E-state index contributed by atoms with van der Waals surface area (Å²) in [4.78, 5) is 24.8. The summed E-state index contributed by atoms with van der Waals surface area (Å²) in [6, 6.07) is 3.94. The predicted octanol–water partition coefficient (Wildman–Crippen LogP) is 2.64. The van der Waals surface area contributed by atoms with Crippen molar-refractivity contribution in [3.63, 3.8) is 0 Å². The first kappa shape index (κ1) is 24.8. The summed E-state index contributed by atoms with van der Waals surface area (Å²) < 4.78 is 62.2. The zero-order valence-corrected chi connectivity index (χ0v) is 18.9. The third-order valence-electron chi connectivity index (χ3n) is 5.63. The Hall–Kier alpha value is -2.80. The SMILES string of the molecule is CC1(C)C[C@H](CCC(Nc2cccc(S(N)(=O)=O)n2)c2cncnc2)CN1C(=O)C(F)(F)F. The maximum absolute atomic E-state index is 13.0. The van der Waals surface area contributed by atoms with Gasteiger partial charge in [0, 0.05) is 30.0 Å². The number of halogens is 3. The summed E-state index contributed by atoms with van der Waals surface area (Å²) in [6.45, 7) is 3.25. The van der Waals surface area contributed by atoms with E-state index in [9.17, 15) is 26.4 Å². The molecule has 1 unspecified atom stereocenters. The van der Waals surface area contributed by atoms with Crippen LogP contribution >= 0.6 is 0 Å². The van der Waals surface area contributed by atoms with Crippen LogP contribution < -0.4 is 10.5 Å². The zero-order valence-electron chi connectivity index (χ0n) is 18.1. The molecular weight excluding hydrogens is 461 g/mol. The molecule has 33 heavy (non-hydrogen) atoms. The van der Waals surface area contributed by atoms with Crippen LogP contribution in [0.5, 0.6) is 0 Å². The first-order valence-corrected chi connectivity index (χ1v) is 11.7. The highest BCUT2D eigenvalue weighted by molar-refractivity contribution is 7.89. The second kappa shape index (κ2) is 9.21. The number of rotatable bonds is 7. The van der Waals surface area contributed by atoms with Crippen molar-refractivity contribution in [2.45, 2.75) is 55.9 Å². The maximum atomic E-state index is 13.0. The van der Waals surface area contributed by atoms with Crippen molar-refractivity contribution in [2.75, 3.05) is 11.9 Å². The van der Waals surface area contributed by atoms with Gasteiger partial charge in [-0.3, -0.25) is 4.79 Å². The lowest BCUT2D eigenvalue weighted by atomic mass is 9.91. The Morgan fingerprint density at radius 3 is 2.58 bits per heavy atom. The van der Waals surface area contributed by atoms with E-state index in [-0.39, 0.29) is 23.3 Å². The molecule has 1 aliphatic rings. The standard InChI is InChI=1S/C20H25F3N6O3S/c1-19(2)8-13(11-29(19)18(30)20(21,22)23)6-7-15(14-9-25-12-26-10-14)27-16-4-3-5-17(28-16)33(24,31)32/h3-5,9-10,12-13,15H,6-8,11H2,1-2H3,(H,27,28)(H2,24,31,32)/t13-,15?/m0/s1. The van der Waals surface area contributed by atoms with Crippen LogP contribution in [0.3, 0.4) is 0 Å². The summed E-state index contributed by atoms with van der Waals surface area (Å²) in [5, 5.41) is 7.99. The van der Waals surface area contributed by atoms with Crippen molar-refractivity contribution < 1.29 is 26.4 Å². The van der Waals surface area contributed by atoms with E-state index in [0.29, 0.717) is 24.8 Å². The number of nitrogens with zero attached hydrogens (tertiary/aromatic N) is 4. The Bertz CT molecular complexity index is 1100. The molecule has 3 rings (SSSR count). The Morgan fingerprint density at radius 1 is 1.30 bits per heavy atom. The molecule has 1 aliphatic heterocycles. The van der Waals surface area contributed by atoms with Gasteiger partial charge in [-0.15, -0.1) is 0 Å². The maximum Gasteiger partial charge on any atom is 0.471 e. The monoisotopic (exact) mass is 486 g/mol. The van der Waals surface area contributed by atoms with Gasteiger partial charge in [0.2, 0.25) is 0 Å². The number of carbonyl (C=O) groups excluding carboxylic acids is 1. The Labute approximate surface area is 189 Å². The van der Waals surface area contributed by atoms with E-state index in [1.54, 1.807) is 32.3 Å². The van der Waals surface area contributed by atoms with E-state index >= 15 is 0 Å². The number of carbonyl (C=O) groups is 1. The van der Waals surface area contributed by atoms with Crippen LogP contribution in [0.15, 0.2) is 41.9 Å². The number of hydrogen-bond acceptors (Lipinski definition) is 7. The van der Waals surface area contributed by atoms with E-state index in [2.05, 4.69) is 20.3 Å². The molecule has 180 valence electrons. The van der Waals surface area contributed by atoms with Crippen molar-refractivity contribution in [3.8, 4) is 0 Å². The lowest BCUT2D eigenvalue weighted by molar-refractivity contribution is -0.188. The number of anilines is 1. The first-order valence-electron chi connectivity index (χ1n) is 10.2. The van der Waals surface area contributed by atoms with Crippen molar-refractivity contribution in [1.29, 1.82) is 0 Å². The van der Waals surface area contributed by atoms with Crippen LogP contribution in [0.1, 0.15) is 44.7 Å². The third-order valence-corrected chi connectivity index (χ3v) is 6.44. The highest BCUT2D eigenvalue weighted by Gasteiger charge is 2.50. The number of aromatic nitrogens is 3. The minimum absolute atomic E-state index is 0.00249. The summed E-state index contributed by atoms with van der Waals surface area (Å²) in [6.07, 6.45) is 1.01. The summed E-state index contributed by atoms with van der Waals surface area (Å²) in [5.74, 6) is -1.72. The molecular formula is C20H25F3N6O3S. The average molecular weight is 487 g/mol. The van der Waals surface area contributed by atoms with Crippen LogP contribution in [-0.4, -0.2) is 52.4 Å². The molecule has 2 aromatic heterocycles. The van der Waals surface area contributed by atoms with Gasteiger partial charge in [-0.05, 0) is 51.2 Å². The summed E-state index contributed by atoms with van der Waals surface area (Å²) in [5.41, 5.74) is -0.220. The average Bonchev–Trinajstić information content (AvgIpc) is 3.04. The summed E-state index contributed by atoms with van der Waals surface area (Å²) >= 11 is 0. The molecule has 13 heteroatoms. The van der Waals surface area contributed by atoms with Crippen molar-refractivity contribution in [3.05, 3.63) is 42.5 Å². The van der Waals surface area contributed by atoms with Gasteiger partial charge in [-0.25, -0.2) is 28.5 Å². The van der Waals surface area contributed by atoms with Crippen LogP contribution in [0.2, 0.25) is 0 Å². The number of likely N-dealkylation sites (tertiary alicyclic amines) is 1. The summed E-state index contributed by atoms with van der Waals surface area (Å²) in [7, 11) is -4.00. The number of pyridine rings is 1. The Morgan fingerprint density at radius 2 is 1.97 bits per heavy atom. The lowest BCUT2D eigenvalue weighted by Gasteiger charge is -2.31. The molecule has 3 N–H and O–H groups in total. The number of sulfonamides is 1. The molecule has 1 amide bonds. The van der Waals surface area contributed by atoms with Crippen molar-refractivity contribution in [2.24, 2.45) is 11.1 Å². The molecule has 0 aromatic carbocycles. The molecule has 0 aliphatic carbocycles. The molecule has 9 nitrogen and oxygen atoms in total. The fourth-order valence-corrected chi connectivity index (χ4v) is 4.63. The van der Waals surface area contributed by atoms with Crippen LogP contribution in [0.4, 0.5) is 19.0 Å². The number of primary sulfonamides is 1. The van der Waals surface area contributed by atoms with Gasteiger partial charge in [0.25, 0.3) is 10.0 Å². The van der Waals surface area contributed by atoms with E-state index in [4.69, 9.17) is 5.14 Å². The van der Waals surface area contributed by atoms with Gasteiger partial charge in [0.05, 0.1) is 6.04 Å². The van der Waals surface area contributed by atoms with E-state index in [1.165, 1.54) is 18.5 Å². The molecule has 1 saturated heterocycles. The van der Waals surface area contributed by atoms with E-state index < -0.39 is 33.7 Å². The number of amides is 1. The molecule has 1 fully saturated rings. The van der Waals surface area contributed by atoms with Gasteiger partial charge in [0.1, 0.15) is 12.1 Å². The fraction of sp³-hybridized carbons (Fsp3) is 0.500. The van der Waals surface area contributed by atoms with Gasteiger partial charge in [0.15, 0.2) is 5.03 Å². The molecule has 0 saturated carbocycles. The Kier molecular flexibility index (Phi) is 6.93. The highest BCUT2D eigenvalue weighted by atomic mass is 32.2. The normalized spacial score (nSPS) is 19.3. The molecule has 0 radical (unpaired) electrons. The molecule has 0 bridgehead atoms. The van der Waals surface area contributed by atoms with Crippen LogP contribution in [-0.2, 0) is 14.8 Å². The number of nitrogens with one attached hydrogen (secondary N) is 1. The van der Waals surface area contributed by atoms with E-state index in [1.807, 2.05) is 0 Å². The van der Waals surface area contributed by atoms with Crippen LogP contribution in [0, 0.1) is 5.92 Å². The topological polar surface area (TPSA) is 131 Å². The van der Waals surface area contributed by atoms with Gasteiger partial charge < -0.3 is 10.2 Å². The van der Waals surface area contributed by atoms with Crippen LogP contribution in [0.25, 0.3) is 0 Å². The largest absolute Gasteiger partial charge is 0.471 e. The molecule has 2 aromatic rings. The van der Waals surface area contributed by atoms with Gasteiger partial charge in [-0.1, -0.05) is 6.07 Å². The van der Waals surface area contributed by atoms with Crippen molar-refractivity contribution in [1.82, 2.24) is 19.9 Å². The number of hydrogen-bond donors (Lipinski definition) is 2. The minimum Gasteiger partial charge on any atom is -0.363 e.